The second-order valence-corrected chi connectivity index (χ2v) is 6.19. The highest BCUT2D eigenvalue weighted by Crippen LogP contribution is 2.16. The molecule has 1 aliphatic rings. The molecule has 0 radical (unpaired) electrons. The highest BCUT2D eigenvalue weighted by molar-refractivity contribution is 5.80. The highest BCUT2D eigenvalue weighted by atomic mass is 16.5. The largest absolute Gasteiger partial charge is 0.456 e. The number of aryl methyl sites for hydroxylation is 2. The number of nitrogens with zero attached hydrogens (tertiary/aromatic N) is 5. The number of nitrogen functional groups attached to an aromatic ring is 1. The number of fused-ring (bicyclic) bond motifs is 1. The van der Waals surface area contributed by atoms with Crippen LogP contribution in [0.2, 0.25) is 0 Å². The lowest BCUT2D eigenvalue weighted by Gasteiger charge is -2.15. The van der Waals surface area contributed by atoms with Crippen LogP contribution in [0.3, 0.4) is 0 Å². The van der Waals surface area contributed by atoms with Gasteiger partial charge in [-0.15, -0.1) is 5.10 Å². The van der Waals surface area contributed by atoms with Gasteiger partial charge in [0, 0.05) is 30.9 Å². The van der Waals surface area contributed by atoms with E-state index in [1.165, 1.54) is 0 Å². The summed E-state index contributed by atoms with van der Waals surface area (Å²) < 4.78 is 6.67. The fraction of sp³-hybridized carbons (Fsp3) is 0.562. The van der Waals surface area contributed by atoms with Gasteiger partial charge in [0.2, 0.25) is 5.95 Å². The number of nitrogens with two attached hydrogens (primary N) is 1. The Bertz CT molecular complexity index is 810. The van der Waals surface area contributed by atoms with Gasteiger partial charge < -0.3 is 15.4 Å². The molecule has 1 fully saturated rings. The van der Waals surface area contributed by atoms with Crippen LogP contribution in [-0.4, -0.2) is 56.1 Å². The minimum atomic E-state index is -0.399. The van der Waals surface area contributed by atoms with Crippen molar-refractivity contribution in [3.05, 3.63) is 17.0 Å². The molecular weight excluding hydrogens is 324 g/mol. The second kappa shape index (κ2) is 7.04. The molecule has 25 heavy (non-hydrogen) atoms. The fourth-order valence-corrected chi connectivity index (χ4v) is 3.08. The number of carbonyl (C=O) groups excluding carboxylic acids is 2. The molecule has 3 heterocycles. The van der Waals surface area contributed by atoms with Crippen LogP contribution in [0.1, 0.15) is 36.2 Å². The van der Waals surface area contributed by atoms with Crippen LogP contribution in [0, 0.1) is 13.8 Å². The van der Waals surface area contributed by atoms with Gasteiger partial charge in [-0.1, -0.05) is 0 Å². The van der Waals surface area contributed by atoms with E-state index in [1.54, 1.807) is 9.42 Å². The molecule has 3 rings (SSSR count). The van der Waals surface area contributed by atoms with Gasteiger partial charge in [-0.05, 0) is 38.7 Å². The Labute approximate surface area is 145 Å². The Morgan fingerprint density at radius 2 is 1.92 bits per heavy atom. The molecule has 0 spiro atoms. The third-order valence-corrected chi connectivity index (χ3v) is 4.46. The lowest BCUT2D eigenvalue weighted by Crippen LogP contribution is -2.32. The van der Waals surface area contributed by atoms with Gasteiger partial charge >= 0.3 is 5.97 Å². The van der Waals surface area contributed by atoms with Crippen LogP contribution in [0.5, 0.6) is 0 Å². The molecule has 0 unspecified atom stereocenters. The summed E-state index contributed by atoms with van der Waals surface area (Å²) in [6, 6.07) is 0. The highest BCUT2D eigenvalue weighted by Gasteiger charge is 2.19. The second-order valence-electron chi connectivity index (χ2n) is 6.19. The van der Waals surface area contributed by atoms with Crippen molar-refractivity contribution in [2.75, 3.05) is 25.4 Å². The Balaban J connectivity index is 1.58. The number of hydrogen-bond acceptors (Lipinski definition) is 7. The van der Waals surface area contributed by atoms with Crippen molar-refractivity contribution >= 4 is 23.6 Å². The molecule has 0 bridgehead atoms. The first-order valence-corrected chi connectivity index (χ1v) is 8.37. The van der Waals surface area contributed by atoms with E-state index in [0.717, 1.165) is 42.9 Å². The summed E-state index contributed by atoms with van der Waals surface area (Å²) in [6.45, 7) is 5.06. The molecule has 2 aromatic rings. The lowest BCUT2D eigenvalue weighted by atomic mass is 10.1. The summed E-state index contributed by atoms with van der Waals surface area (Å²) in [5.74, 6) is 0.0750. The maximum Gasteiger partial charge on any atom is 0.306 e. The van der Waals surface area contributed by atoms with Gasteiger partial charge in [0.1, 0.15) is 0 Å². The number of rotatable bonds is 5. The van der Waals surface area contributed by atoms with Gasteiger partial charge in [-0.25, -0.2) is 4.98 Å². The number of aromatic nitrogens is 4. The van der Waals surface area contributed by atoms with Crippen molar-refractivity contribution in [3.63, 3.8) is 0 Å². The first-order valence-electron chi connectivity index (χ1n) is 8.37. The van der Waals surface area contributed by atoms with E-state index in [2.05, 4.69) is 15.1 Å². The maximum absolute atomic E-state index is 12.0. The van der Waals surface area contributed by atoms with E-state index in [9.17, 15) is 9.59 Å². The third-order valence-electron chi connectivity index (χ3n) is 4.46. The topological polar surface area (TPSA) is 116 Å². The number of anilines is 1. The zero-order valence-corrected chi connectivity index (χ0v) is 14.5. The van der Waals surface area contributed by atoms with Crippen molar-refractivity contribution < 1.29 is 14.3 Å². The average Bonchev–Trinajstić information content (AvgIpc) is 3.21. The normalized spacial score (nSPS) is 14.2. The molecule has 1 amide bonds. The molecular formula is C16H22N6O3. The molecule has 1 aliphatic heterocycles. The summed E-state index contributed by atoms with van der Waals surface area (Å²) in [7, 11) is 0. The number of ether oxygens (including phenoxy) is 1. The van der Waals surface area contributed by atoms with Crippen molar-refractivity contribution in [2.45, 2.75) is 39.5 Å². The smallest absolute Gasteiger partial charge is 0.306 e. The fourth-order valence-electron chi connectivity index (χ4n) is 3.08. The molecule has 2 N–H and O–H groups in total. The number of likely N-dealkylation sites (tertiary alicyclic amines) is 1. The number of hydrogen-bond donors (Lipinski definition) is 1. The predicted octanol–water partition coefficient (Wildman–Crippen LogP) is 0.422. The van der Waals surface area contributed by atoms with Gasteiger partial charge in [-0.2, -0.15) is 9.50 Å². The first-order chi connectivity index (χ1) is 12.0. The minimum absolute atomic E-state index is 0.126. The summed E-state index contributed by atoms with van der Waals surface area (Å²) in [5.41, 5.74) is 8.13. The molecule has 134 valence electrons. The van der Waals surface area contributed by atoms with Crippen LogP contribution in [0.4, 0.5) is 5.95 Å². The Hall–Kier alpha value is -2.71. The third kappa shape index (κ3) is 3.70. The molecule has 9 nitrogen and oxygen atoms in total. The lowest BCUT2D eigenvalue weighted by molar-refractivity contribution is -0.151. The summed E-state index contributed by atoms with van der Waals surface area (Å²) >= 11 is 0. The summed E-state index contributed by atoms with van der Waals surface area (Å²) in [6.07, 6.45) is 2.66. The van der Waals surface area contributed by atoms with E-state index < -0.39 is 5.97 Å². The molecule has 9 heteroatoms. The summed E-state index contributed by atoms with van der Waals surface area (Å²) in [5, 5.41) is 4.10. The zero-order valence-electron chi connectivity index (χ0n) is 14.5. The Kier molecular flexibility index (Phi) is 4.82. The molecule has 0 aliphatic carbocycles. The van der Waals surface area contributed by atoms with Gasteiger partial charge in [-0.3, -0.25) is 9.59 Å². The zero-order chi connectivity index (χ0) is 18.0. The van der Waals surface area contributed by atoms with Crippen LogP contribution in [0.15, 0.2) is 0 Å². The van der Waals surface area contributed by atoms with Crippen molar-refractivity contribution in [2.24, 2.45) is 0 Å². The number of esters is 1. The molecule has 1 saturated heterocycles. The average molecular weight is 346 g/mol. The SMILES string of the molecule is Cc1nc2nc(N)nn2c(C)c1CCC(=O)OCC(=O)N1CCCC1. The van der Waals surface area contributed by atoms with E-state index in [0.29, 0.717) is 12.2 Å². The van der Waals surface area contributed by atoms with Crippen LogP contribution in [-0.2, 0) is 20.7 Å². The van der Waals surface area contributed by atoms with Gasteiger partial charge in [0.05, 0.1) is 0 Å². The van der Waals surface area contributed by atoms with Gasteiger partial charge in [0.25, 0.3) is 11.7 Å². The molecule has 0 atom stereocenters. The number of carbonyl (C=O) groups is 2. The van der Waals surface area contributed by atoms with E-state index in [4.69, 9.17) is 10.5 Å². The van der Waals surface area contributed by atoms with E-state index in [1.807, 2.05) is 13.8 Å². The summed E-state index contributed by atoms with van der Waals surface area (Å²) in [4.78, 5) is 34.0. The van der Waals surface area contributed by atoms with Crippen LogP contribution >= 0.6 is 0 Å². The van der Waals surface area contributed by atoms with Crippen molar-refractivity contribution in [3.8, 4) is 0 Å². The first kappa shape index (κ1) is 17.1. The Morgan fingerprint density at radius 3 is 2.64 bits per heavy atom. The van der Waals surface area contributed by atoms with Crippen molar-refractivity contribution in [1.29, 1.82) is 0 Å². The van der Waals surface area contributed by atoms with Crippen LogP contribution < -0.4 is 5.73 Å². The minimum Gasteiger partial charge on any atom is -0.456 e. The standard InChI is InChI=1S/C16H22N6O3/c1-10-12(11(2)22-16(18-10)19-15(17)20-22)5-6-14(24)25-9-13(23)21-7-3-4-8-21/h3-9H2,1-2H3,(H2,17,20). The quantitative estimate of drug-likeness (QED) is 0.780. The van der Waals surface area contributed by atoms with Gasteiger partial charge in [0.15, 0.2) is 6.61 Å². The van der Waals surface area contributed by atoms with Crippen LogP contribution in [0.25, 0.3) is 5.78 Å². The Morgan fingerprint density at radius 1 is 1.20 bits per heavy atom. The maximum atomic E-state index is 12.0. The monoisotopic (exact) mass is 346 g/mol. The molecule has 2 aromatic heterocycles. The predicted molar refractivity (Wildman–Crippen MR) is 89.8 cm³/mol. The van der Waals surface area contributed by atoms with Crippen molar-refractivity contribution in [1.82, 2.24) is 24.5 Å². The van der Waals surface area contributed by atoms with E-state index in [-0.39, 0.29) is 24.9 Å². The molecule has 0 saturated carbocycles. The number of amides is 1. The van der Waals surface area contributed by atoms with E-state index >= 15 is 0 Å². The molecule has 0 aromatic carbocycles.